The summed E-state index contributed by atoms with van der Waals surface area (Å²) in [5.74, 6) is 0. The van der Waals surface area contributed by atoms with Gasteiger partial charge in [0.2, 0.25) is 0 Å². The fourth-order valence-corrected chi connectivity index (χ4v) is 3.62. The zero-order chi connectivity index (χ0) is 10.9. The molecule has 1 aliphatic rings. The van der Waals surface area contributed by atoms with Crippen molar-refractivity contribution in [1.29, 1.82) is 0 Å². The molecular formula is C11H16O2S2. The van der Waals surface area contributed by atoms with Crippen molar-refractivity contribution in [2.24, 2.45) is 0 Å². The molecule has 0 aliphatic carbocycles. The molecule has 0 saturated carbocycles. The maximum atomic E-state index is 5.73. The quantitative estimate of drug-likeness (QED) is 0.761. The van der Waals surface area contributed by atoms with Crippen LogP contribution in [0.3, 0.4) is 0 Å². The number of methoxy groups -OCH3 is 1. The van der Waals surface area contributed by atoms with E-state index in [-0.39, 0.29) is 11.7 Å². The largest absolute Gasteiger partial charge is 0.375 e. The first-order chi connectivity index (χ1) is 7.23. The summed E-state index contributed by atoms with van der Waals surface area (Å²) in [5, 5.41) is 2.19. The van der Waals surface area contributed by atoms with Gasteiger partial charge in [0.25, 0.3) is 0 Å². The Balaban J connectivity index is 2.33. The highest BCUT2D eigenvalue weighted by molar-refractivity contribution is 8.00. The molecule has 84 valence electrons. The van der Waals surface area contributed by atoms with E-state index < -0.39 is 0 Å². The normalized spacial score (nSPS) is 31.0. The Morgan fingerprint density at radius 1 is 1.67 bits per heavy atom. The second kappa shape index (κ2) is 4.45. The number of ether oxygens (including phenoxy) is 2. The first-order valence-electron chi connectivity index (χ1n) is 5.02. The average molecular weight is 244 g/mol. The molecule has 0 amide bonds. The molecule has 2 heterocycles. The Kier molecular flexibility index (Phi) is 3.40. The number of rotatable bonds is 3. The lowest BCUT2D eigenvalue weighted by Gasteiger charge is -2.30. The molecule has 1 saturated heterocycles. The van der Waals surface area contributed by atoms with Gasteiger partial charge in [0, 0.05) is 13.5 Å². The third-order valence-electron chi connectivity index (χ3n) is 3.13. The van der Waals surface area contributed by atoms with Gasteiger partial charge in [-0.2, -0.15) is 0 Å². The number of thiophene rings is 1. The highest BCUT2D eigenvalue weighted by atomic mass is 32.2. The smallest absolute Gasteiger partial charge is 0.121 e. The van der Waals surface area contributed by atoms with Crippen LogP contribution in [-0.4, -0.2) is 26.1 Å². The summed E-state index contributed by atoms with van der Waals surface area (Å²) in [6, 6.07) is 2.23. The van der Waals surface area contributed by atoms with Gasteiger partial charge in [-0.05, 0) is 30.2 Å². The van der Waals surface area contributed by atoms with E-state index in [1.165, 1.54) is 9.77 Å². The van der Waals surface area contributed by atoms with Gasteiger partial charge in [-0.1, -0.05) is 0 Å². The third-order valence-corrected chi connectivity index (χ3v) is 5.16. The van der Waals surface area contributed by atoms with E-state index in [2.05, 4.69) is 24.6 Å². The van der Waals surface area contributed by atoms with Crippen LogP contribution in [-0.2, 0) is 15.1 Å². The standard InChI is InChI=1S/C11H16O2S2/c1-8-11(12-2,4-5-13-8)9-6-10(14-3)15-7-9/h6-8H,4-5H2,1-3H3/t8-,11-/m1/s1. The van der Waals surface area contributed by atoms with Crippen LogP contribution in [0.1, 0.15) is 18.9 Å². The molecule has 1 aromatic rings. The van der Waals surface area contributed by atoms with Crippen molar-refractivity contribution in [2.75, 3.05) is 20.0 Å². The zero-order valence-corrected chi connectivity index (χ0v) is 10.9. The van der Waals surface area contributed by atoms with Crippen LogP contribution in [0.2, 0.25) is 0 Å². The molecular weight excluding hydrogens is 228 g/mol. The van der Waals surface area contributed by atoms with Gasteiger partial charge in [0.05, 0.1) is 16.9 Å². The molecule has 1 aliphatic heterocycles. The minimum atomic E-state index is -0.218. The molecule has 15 heavy (non-hydrogen) atoms. The van der Waals surface area contributed by atoms with E-state index in [1.807, 2.05) is 0 Å². The fraction of sp³-hybridized carbons (Fsp3) is 0.636. The first-order valence-corrected chi connectivity index (χ1v) is 7.13. The molecule has 4 heteroatoms. The fourth-order valence-electron chi connectivity index (χ4n) is 2.14. The first kappa shape index (κ1) is 11.5. The SMILES string of the molecule is CO[C@]1(c2csc(SC)c2)CCO[C@@H]1C. The van der Waals surface area contributed by atoms with E-state index >= 15 is 0 Å². The molecule has 0 radical (unpaired) electrons. The van der Waals surface area contributed by atoms with E-state index in [0.717, 1.165) is 13.0 Å². The van der Waals surface area contributed by atoms with Gasteiger partial charge in [0.1, 0.15) is 5.60 Å². The molecule has 0 N–H and O–H groups in total. The zero-order valence-electron chi connectivity index (χ0n) is 9.28. The minimum absolute atomic E-state index is 0.145. The molecule has 2 rings (SSSR count). The van der Waals surface area contributed by atoms with Gasteiger partial charge >= 0.3 is 0 Å². The average Bonchev–Trinajstić information content (AvgIpc) is 2.84. The monoisotopic (exact) mass is 244 g/mol. The molecule has 2 nitrogen and oxygen atoms in total. The molecule has 0 unspecified atom stereocenters. The maximum absolute atomic E-state index is 5.73. The van der Waals surface area contributed by atoms with E-state index in [0.29, 0.717) is 0 Å². The highest BCUT2D eigenvalue weighted by Crippen LogP contribution is 2.42. The third kappa shape index (κ3) is 1.84. The predicted molar refractivity (Wildman–Crippen MR) is 64.8 cm³/mol. The van der Waals surface area contributed by atoms with E-state index in [1.54, 1.807) is 30.2 Å². The van der Waals surface area contributed by atoms with E-state index in [4.69, 9.17) is 9.47 Å². The molecule has 1 aromatic heterocycles. The summed E-state index contributed by atoms with van der Waals surface area (Å²) in [5.41, 5.74) is 1.05. The predicted octanol–water partition coefficient (Wildman–Crippen LogP) is 3.12. The van der Waals surface area contributed by atoms with E-state index in [9.17, 15) is 0 Å². The van der Waals surface area contributed by atoms with Gasteiger partial charge in [-0.15, -0.1) is 23.1 Å². The topological polar surface area (TPSA) is 18.5 Å². The van der Waals surface area contributed by atoms with Crippen LogP contribution in [0.25, 0.3) is 0 Å². The molecule has 1 fully saturated rings. The number of hydrogen-bond donors (Lipinski definition) is 0. The van der Waals surface area contributed by atoms with Crippen LogP contribution in [0.5, 0.6) is 0 Å². The molecule has 0 spiro atoms. The highest BCUT2D eigenvalue weighted by Gasteiger charge is 2.43. The van der Waals surface area contributed by atoms with Crippen molar-refractivity contribution in [3.05, 3.63) is 17.0 Å². The van der Waals surface area contributed by atoms with Gasteiger partial charge in [-0.3, -0.25) is 0 Å². The Hall–Kier alpha value is -0.0300. The van der Waals surface area contributed by atoms with Crippen LogP contribution in [0, 0.1) is 0 Å². The van der Waals surface area contributed by atoms with Crippen LogP contribution in [0.15, 0.2) is 15.7 Å². The lowest BCUT2D eigenvalue weighted by Crippen LogP contribution is -2.35. The molecule has 0 aromatic carbocycles. The van der Waals surface area contributed by atoms with Gasteiger partial charge in [0.15, 0.2) is 0 Å². The Bertz CT molecular complexity index is 337. The number of thioether (sulfide) groups is 1. The minimum Gasteiger partial charge on any atom is -0.375 e. The van der Waals surface area contributed by atoms with Crippen LogP contribution < -0.4 is 0 Å². The number of hydrogen-bond acceptors (Lipinski definition) is 4. The molecule has 0 bridgehead atoms. The Morgan fingerprint density at radius 2 is 2.47 bits per heavy atom. The van der Waals surface area contributed by atoms with Crippen LogP contribution >= 0.6 is 23.1 Å². The van der Waals surface area contributed by atoms with Crippen molar-refractivity contribution in [2.45, 2.75) is 29.3 Å². The summed E-state index contributed by atoms with van der Waals surface area (Å²) >= 11 is 3.56. The summed E-state index contributed by atoms with van der Waals surface area (Å²) < 4.78 is 12.7. The Morgan fingerprint density at radius 3 is 2.93 bits per heavy atom. The Labute approximate surface area is 99.0 Å². The van der Waals surface area contributed by atoms with Gasteiger partial charge in [-0.25, -0.2) is 0 Å². The maximum Gasteiger partial charge on any atom is 0.121 e. The van der Waals surface area contributed by atoms with Crippen molar-refractivity contribution in [3.63, 3.8) is 0 Å². The van der Waals surface area contributed by atoms with Crippen molar-refractivity contribution < 1.29 is 9.47 Å². The molecule has 2 atom stereocenters. The summed E-state index contributed by atoms with van der Waals surface area (Å²) in [4.78, 5) is 0. The van der Waals surface area contributed by atoms with Crippen molar-refractivity contribution >= 4 is 23.1 Å². The second-order valence-electron chi connectivity index (χ2n) is 3.72. The second-order valence-corrected chi connectivity index (χ2v) is 5.73. The summed E-state index contributed by atoms with van der Waals surface area (Å²) in [6.07, 6.45) is 3.20. The van der Waals surface area contributed by atoms with Crippen molar-refractivity contribution in [1.82, 2.24) is 0 Å². The van der Waals surface area contributed by atoms with Gasteiger partial charge < -0.3 is 9.47 Å². The van der Waals surface area contributed by atoms with Crippen molar-refractivity contribution in [3.8, 4) is 0 Å². The lowest BCUT2D eigenvalue weighted by molar-refractivity contribution is -0.0645. The lowest BCUT2D eigenvalue weighted by atomic mass is 9.90. The summed E-state index contributed by atoms with van der Waals surface area (Å²) in [6.45, 7) is 2.88. The summed E-state index contributed by atoms with van der Waals surface area (Å²) in [7, 11) is 1.78. The van der Waals surface area contributed by atoms with Crippen LogP contribution in [0.4, 0.5) is 0 Å².